The summed E-state index contributed by atoms with van der Waals surface area (Å²) < 4.78 is 0. The first-order valence-corrected chi connectivity index (χ1v) is 9.09. The minimum absolute atomic E-state index is 0.0598. The van der Waals surface area contributed by atoms with Gasteiger partial charge in [-0.05, 0) is 43.4 Å². The van der Waals surface area contributed by atoms with E-state index < -0.39 is 0 Å². The second-order valence-corrected chi connectivity index (χ2v) is 6.99. The van der Waals surface area contributed by atoms with E-state index in [9.17, 15) is 4.79 Å². The first-order chi connectivity index (χ1) is 12.7. The van der Waals surface area contributed by atoms with Gasteiger partial charge in [0.15, 0.2) is 0 Å². The van der Waals surface area contributed by atoms with Gasteiger partial charge >= 0.3 is 0 Å². The van der Waals surface area contributed by atoms with Crippen LogP contribution in [0.25, 0.3) is 17.0 Å². The van der Waals surface area contributed by atoms with Crippen LogP contribution in [0.5, 0.6) is 0 Å². The lowest BCUT2D eigenvalue weighted by atomic mass is 10.0. The zero-order valence-corrected chi connectivity index (χ0v) is 14.9. The van der Waals surface area contributed by atoms with Crippen molar-refractivity contribution in [3.8, 4) is 0 Å². The van der Waals surface area contributed by atoms with Crippen molar-refractivity contribution >= 4 is 22.9 Å². The van der Waals surface area contributed by atoms with Gasteiger partial charge in [-0.3, -0.25) is 9.78 Å². The summed E-state index contributed by atoms with van der Waals surface area (Å²) in [7, 11) is 0. The number of carbonyl (C=O) groups excluding carboxylic acids is 1. The number of rotatable bonds is 5. The van der Waals surface area contributed by atoms with Gasteiger partial charge in [0, 0.05) is 23.2 Å². The van der Waals surface area contributed by atoms with E-state index in [1.165, 1.54) is 24.0 Å². The Morgan fingerprint density at radius 3 is 2.65 bits per heavy atom. The van der Waals surface area contributed by atoms with Crippen LogP contribution >= 0.6 is 0 Å². The second-order valence-electron chi connectivity index (χ2n) is 6.99. The largest absolute Gasteiger partial charge is 0.345 e. The number of pyridine rings is 1. The fraction of sp³-hybridized carbons (Fsp3) is 0.217. The Hall–Kier alpha value is -2.94. The summed E-state index contributed by atoms with van der Waals surface area (Å²) in [4.78, 5) is 16.9. The van der Waals surface area contributed by atoms with Crippen LogP contribution in [0, 0.1) is 12.8 Å². The maximum absolute atomic E-state index is 12.5. The molecule has 2 aromatic carbocycles. The van der Waals surface area contributed by atoms with Gasteiger partial charge in [0.05, 0.1) is 11.6 Å². The van der Waals surface area contributed by atoms with Gasteiger partial charge in [-0.1, -0.05) is 54.1 Å². The minimum Gasteiger partial charge on any atom is -0.345 e. The molecule has 1 amide bonds. The molecule has 0 saturated heterocycles. The van der Waals surface area contributed by atoms with Crippen molar-refractivity contribution in [3.63, 3.8) is 0 Å². The van der Waals surface area contributed by atoms with Crippen LogP contribution in [-0.4, -0.2) is 10.9 Å². The van der Waals surface area contributed by atoms with Crippen molar-refractivity contribution in [1.29, 1.82) is 0 Å². The number of fused-ring (bicyclic) bond motifs is 1. The van der Waals surface area contributed by atoms with Crippen molar-refractivity contribution in [1.82, 2.24) is 10.3 Å². The van der Waals surface area contributed by atoms with Gasteiger partial charge in [0.2, 0.25) is 5.91 Å². The van der Waals surface area contributed by atoms with Gasteiger partial charge in [-0.25, -0.2) is 0 Å². The van der Waals surface area contributed by atoms with Crippen LogP contribution in [0.15, 0.2) is 66.9 Å². The lowest BCUT2D eigenvalue weighted by molar-refractivity contribution is -0.117. The van der Waals surface area contributed by atoms with E-state index in [2.05, 4.69) is 41.5 Å². The molecule has 1 saturated carbocycles. The molecule has 1 fully saturated rings. The zero-order valence-electron chi connectivity index (χ0n) is 14.9. The Bertz CT molecular complexity index is 950. The van der Waals surface area contributed by atoms with Crippen LogP contribution in [0.3, 0.4) is 0 Å². The van der Waals surface area contributed by atoms with Crippen molar-refractivity contribution in [2.75, 3.05) is 0 Å². The number of amides is 1. The molecule has 1 unspecified atom stereocenters. The molecular weight excluding hydrogens is 320 g/mol. The fourth-order valence-electron chi connectivity index (χ4n) is 3.31. The van der Waals surface area contributed by atoms with Crippen molar-refractivity contribution in [3.05, 3.63) is 83.6 Å². The Kier molecular flexibility index (Phi) is 4.53. The number of hydrogen-bond acceptors (Lipinski definition) is 2. The predicted molar refractivity (Wildman–Crippen MR) is 106 cm³/mol. The summed E-state index contributed by atoms with van der Waals surface area (Å²) in [5, 5.41) is 4.26. The third-order valence-electron chi connectivity index (χ3n) is 4.91. The van der Waals surface area contributed by atoms with Crippen LogP contribution in [-0.2, 0) is 4.79 Å². The number of aromatic nitrogens is 1. The molecule has 1 aromatic heterocycles. The van der Waals surface area contributed by atoms with E-state index in [-0.39, 0.29) is 11.9 Å². The number of carbonyl (C=O) groups is 1. The van der Waals surface area contributed by atoms with Crippen molar-refractivity contribution in [2.45, 2.75) is 25.8 Å². The zero-order chi connectivity index (χ0) is 17.9. The molecular formula is C23H22N2O. The van der Waals surface area contributed by atoms with E-state index in [0.29, 0.717) is 5.92 Å². The number of aryl methyl sites for hydroxylation is 1. The van der Waals surface area contributed by atoms with Gasteiger partial charge in [0.1, 0.15) is 0 Å². The maximum Gasteiger partial charge on any atom is 0.244 e. The molecule has 1 aliphatic carbocycles. The number of hydrogen-bond donors (Lipinski definition) is 1. The molecule has 1 atom stereocenters. The quantitative estimate of drug-likeness (QED) is 0.675. The van der Waals surface area contributed by atoms with Crippen molar-refractivity contribution < 1.29 is 4.79 Å². The van der Waals surface area contributed by atoms with Crippen LogP contribution < -0.4 is 5.32 Å². The molecule has 0 aliphatic heterocycles. The van der Waals surface area contributed by atoms with Gasteiger partial charge in [-0.2, -0.15) is 0 Å². The highest BCUT2D eigenvalue weighted by molar-refractivity contribution is 5.95. The lowest BCUT2D eigenvalue weighted by Gasteiger charge is -2.18. The third-order valence-corrected chi connectivity index (χ3v) is 4.91. The number of nitrogens with zero attached hydrogens (tertiary/aromatic N) is 1. The van der Waals surface area contributed by atoms with E-state index in [4.69, 9.17) is 0 Å². The molecule has 4 rings (SSSR count). The predicted octanol–water partition coefficient (Wildman–Crippen LogP) is 4.82. The van der Waals surface area contributed by atoms with Gasteiger partial charge < -0.3 is 5.32 Å². The molecule has 26 heavy (non-hydrogen) atoms. The number of benzene rings is 2. The normalized spacial score (nSPS) is 15.3. The standard InChI is InChI=1S/C23H22N2O/c1-16-7-9-19(10-8-16)23(20-11-12-20)25-21(26)14-13-18-5-2-4-17-6-3-15-24-22(17)18/h2-10,13-15,20,23H,11-12H2,1H3,(H,25,26)/b14-13+. The Balaban J connectivity index is 1.51. The highest BCUT2D eigenvalue weighted by atomic mass is 16.1. The average molecular weight is 342 g/mol. The lowest BCUT2D eigenvalue weighted by Crippen LogP contribution is -2.28. The van der Waals surface area contributed by atoms with E-state index >= 15 is 0 Å². The summed E-state index contributed by atoms with van der Waals surface area (Å²) in [5.74, 6) is 0.490. The Morgan fingerprint density at radius 2 is 1.88 bits per heavy atom. The highest BCUT2D eigenvalue weighted by Crippen LogP contribution is 2.41. The molecule has 3 heteroatoms. The first kappa shape index (κ1) is 16.5. The van der Waals surface area contributed by atoms with Crippen molar-refractivity contribution in [2.24, 2.45) is 5.92 Å². The van der Waals surface area contributed by atoms with E-state index in [1.807, 2.05) is 36.4 Å². The monoisotopic (exact) mass is 342 g/mol. The summed E-state index contributed by atoms with van der Waals surface area (Å²) in [5.41, 5.74) is 4.29. The number of para-hydroxylation sites is 1. The highest BCUT2D eigenvalue weighted by Gasteiger charge is 2.32. The van der Waals surface area contributed by atoms with Crippen LogP contribution in [0.2, 0.25) is 0 Å². The average Bonchev–Trinajstić information content (AvgIpc) is 3.50. The molecule has 1 N–H and O–H groups in total. The number of nitrogens with one attached hydrogen (secondary N) is 1. The van der Waals surface area contributed by atoms with E-state index in [1.54, 1.807) is 12.3 Å². The topological polar surface area (TPSA) is 42.0 Å². The first-order valence-electron chi connectivity index (χ1n) is 9.09. The summed E-state index contributed by atoms with van der Waals surface area (Å²) in [6, 6.07) is 18.5. The Morgan fingerprint density at radius 1 is 1.12 bits per heavy atom. The molecule has 0 bridgehead atoms. The molecule has 130 valence electrons. The smallest absolute Gasteiger partial charge is 0.244 e. The molecule has 1 heterocycles. The fourth-order valence-corrected chi connectivity index (χ4v) is 3.31. The maximum atomic E-state index is 12.5. The van der Waals surface area contributed by atoms with Crippen LogP contribution in [0.4, 0.5) is 0 Å². The minimum atomic E-state index is -0.0598. The van der Waals surface area contributed by atoms with Crippen LogP contribution in [0.1, 0.15) is 35.6 Å². The van der Waals surface area contributed by atoms with E-state index in [0.717, 1.165) is 16.5 Å². The molecule has 0 radical (unpaired) electrons. The van der Waals surface area contributed by atoms with Gasteiger partial charge in [-0.15, -0.1) is 0 Å². The summed E-state index contributed by atoms with van der Waals surface area (Å²) in [6.07, 6.45) is 7.60. The molecule has 1 aliphatic rings. The SMILES string of the molecule is Cc1ccc(C(NC(=O)/C=C/c2cccc3cccnc23)C2CC2)cc1. The van der Waals surface area contributed by atoms with Gasteiger partial charge in [0.25, 0.3) is 0 Å². The Labute approximate surface area is 153 Å². The molecule has 3 nitrogen and oxygen atoms in total. The molecule has 3 aromatic rings. The molecule has 0 spiro atoms. The summed E-state index contributed by atoms with van der Waals surface area (Å²) >= 11 is 0. The third kappa shape index (κ3) is 3.67. The second kappa shape index (κ2) is 7.12. The summed E-state index contributed by atoms with van der Waals surface area (Å²) in [6.45, 7) is 2.08.